The lowest BCUT2D eigenvalue weighted by Crippen LogP contribution is -2.30. The normalized spacial score (nSPS) is 12.0. The van der Waals surface area contributed by atoms with Crippen molar-refractivity contribution in [1.82, 2.24) is 15.4 Å². The van der Waals surface area contributed by atoms with Gasteiger partial charge >= 0.3 is 0 Å². The Kier molecular flexibility index (Phi) is 4.44. The van der Waals surface area contributed by atoms with Gasteiger partial charge < -0.3 is 9.47 Å². The first-order valence-corrected chi connectivity index (χ1v) is 5.85. The SMILES string of the molecule is COc1ccc(C(NN)c2cc(OC)ncn2)c(F)c1. The Bertz CT molecular complexity index is 594. The average Bonchev–Trinajstić information content (AvgIpc) is 2.49. The molecule has 7 heteroatoms. The first kappa shape index (κ1) is 14.2. The monoisotopic (exact) mass is 278 g/mol. The summed E-state index contributed by atoms with van der Waals surface area (Å²) in [5, 5.41) is 0. The quantitative estimate of drug-likeness (QED) is 0.631. The lowest BCUT2D eigenvalue weighted by atomic mass is 10.0. The number of rotatable bonds is 5. The van der Waals surface area contributed by atoms with E-state index in [1.807, 2.05) is 0 Å². The first-order valence-electron chi connectivity index (χ1n) is 5.85. The molecule has 0 aliphatic heterocycles. The third kappa shape index (κ3) is 2.84. The number of aromatic nitrogens is 2. The maximum atomic E-state index is 14.1. The van der Waals surface area contributed by atoms with Crippen LogP contribution in [0.15, 0.2) is 30.6 Å². The maximum Gasteiger partial charge on any atom is 0.216 e. The van der Waals surface area contributed by atoms with Crippen molar-refractivity contribution in [1.29, 1.82) is 0 Å². The van der Waals surface area contributed by atoms with Crippen molar-refractivity contribution in [2.45, 2.75) is 6.04 Å². The summed E-state index contributed by atoms with van der Waals surface area (Å²) < 4.78 is 24.1. The number of methoxy groups -OCH3 is 2. The molecule has 0 fully saturated rings. The molecule has 2 rings (SSSR count). The molecule has 0 saturated heterocycles. The summed E-state index contributed by atoms with van der Waals surface area (Å²) in [4.78, 5) is 7.99. The second-order valence-electron chi connectivity index (χ2n) is 3.97. The minimum atomic E-state index is -0.613. The van der Waals surface area contributed by atoms with Gasteiger partial charge in [-0.3, -0.25) is 5.84 Å². The minimum Gasteiger partial charge on any atom is -0.497 e. The molecule has 1 atom stereocenters. The van der Waals surface area contributed by atoms with E-state index in [1.165, 1.54) is 26.6 Å². The van der Waals surface area contributed by atoms with Gasteiger partial charge in [0, 0.05) is 17.7 Å². The second-order valence-corrected chi connectivity index (χ2v) is 3.97. The van der Waals surface area contributed by atoms with Gasteiger partial charge in [0.1, 0.15) is 17.9 Å². The Balaban J connectivity index is 2.41. The molecule has 1 aromatic carbocycles. The zero-order chi connectivity index (χ0) is 14.5. The molecule has 0 aliphatic rings. The van der Waals surface area contributed by atoms with Crippen LogP contribution in [-0.2, 0) is 0 Å². The molecule has 106 valence electrons. The number of hydrogen-bond acceptors (Lipinski definition) is 6. The predicted octanol–water partition coefficient (Wildman–Crippen LogP) is 1.19. The van der Waals surface area contributed by atoms with Gasteiger partial charge in [-0.15, -0.1) is 0 Å². The Hall–Kier alpha value is -2.25. The van der Waals surface area contributed by atoms with E-state index in [0.717, 1.165) is 0 Å². The van der Waals surface area contributed by atoms with Crippen LogP contribution in [0.4, 0.5) is 4.39 Å². The van der Waals surface area contributed by atoms with E-state index < -0.39 is 11.9 Å². The van der Waals surface area contributed by atoms with E-state index in [4.69, 9.17) is 15.3 Å². The number of benzene rings is 1. The third-order valence-electron chi connectivity index (χ3n) is 2.85. The van der Waals surface area contributed by atoms with Gasteiger partial charge in [-0.2, -0.15) is 0 Å². The van der Waals surface area contributed by atoms with Crippen molar-refractivity contribution < 1.29 is 13.9 Å². The standard InChI is InChI=1S/C13H15FN4O2/c1-19-8-3-4-9(10(14)5-8)13(18-15)11-6-12(20-2)17-7-16-11/h3-7,13,18H,15H2,1-2H3. The molecule has 0 amide bonds. The minimum absolute atomic E-state index is 0.356. The van der Waals surface area contributed by atoms with Gasteiger partial charge in [-0.05, 0) is 6.07 Å². The summed E-state index contributed by atoms with van der Waals surface area (Å²) >= 11 is 0. The summed E-state index contributed by atoms with van der Waals surface area (Å²) in [5.74, 6) is 5.89. The summed E-state index contributed by atoms with van der Waals surface area (Å²) in [7, 11) is 2.97. The fraction of sp³-hybridized carbons (Fsp3) is 0.231. The molecule has 0 bridgehead atoms. The van der Waals surface area contributed by atoms with E-state index in [9.17, 15) is 4.39 Å². The van der Waals surface area contributed by atoms with Gasteiger partial charge in [0.05, 0.1) is 26.0 Å². The first-order chi connectivity index (χ1) is 9.69. The van der Waals surface area contributed by atoms with Gasteiger partial charge in [-0.25, -0.2) is 19.8 Å². The number of nitrogens with zero attached hydrogens (tertiary/aromatic N) is 2. The molecule has 3 N–H and O–H groups in total. The summed E-state index contributed by atoms with van der Waals surface area (Å²) in [6.45, 7) is 0. The van der Waals surface area contributed by atoms with Crippen molar-refractivity contribution in [3.63, 3.8) is 0 Å². The van der Waals surface area contributed by atoms with Crippen molar-refractivity contribution in [3.05, 3.63) is 47.7 Å². The van der Waals surface area contributed by atoms with Crippen molar-refractivity contribution in [2.24, 2.45) is 5.84 Å². The highest BCUT2D eigenvalue weighted by molar-refractivity contribution is 5.35. The van der Waals surface area contributed by atoms with Crippen LogP contribution < -0.4 is 20.7 Å². The molecular formula is C13H15FN4O2. The largest absolute Gasteiger partial charge is 0.497 e. The van der Waals surface area contributed by atoms with Crippen LogP contribution in [0.5, 0.6) is 11.6 Å². The summed E-state index contributed by atoms with van der Waals surface area (Å²) in [6.07, 6.45) is 1.33. The number of ether oxygens (including phenoxy) is 2. The van der Waals surface area contributed by atoms with Crippen molar-refractivity contribution in [3.8, 4) is 11.6 Å². The molecule has 1 heterocycles. The van der Waals surface area contributed by atoms with Crippen LogP contribution in [0.2, 0.25) is 0 Å². The van der Waals surface area contributed by atoms with E-state index in [-0.39, 0.29) is 0 Å². The zero-order valence-corrected chi connectivity index (χ0v) is 11.1. The zero-order valence-electron chi connectivity index (χ0n) is 11.1. The Morgan fingerprint density at radius 3 is 2.60 bits per heavy atom. The van der Waals surface area contributed by atoms with E-state index >= 15 is 0 Å². The van der Waals surface area contributed by atoms with E-state index in [0.29, 0.717) is 22.9 Å². The van der Waals surface area contributed by atoms with Crippen molar-refractivity contribution >= 4 is 0 Å². The Morgan fingerprint density at radius 1 is 1.20 bits per heavy atom. The van der Waals surface area contributed by atoms with Gasteiger partial charge in [-0.1, -0.05) is 6.07 Å². The lowest BCUT2D eigenvalue weighted by molar-refractivity contribution is 0.394. The molecule has 1 aromatic heterocycles. The topological polar surface area (TPSA) is 82.3 Å². The van der Waals surface area contributed by atoms with Gasteiger partial charge in [0.2, 0.25) is 5.88 Å². The molecule has 1 unspecified atom stereocenters. The summed E-state index contributed by atoms with van der Waals surface area (Å²) in [5.41, 5.74) is 3.40. The number of halogens is 1. The highest BCUT2D eigenvalue weighted by Crippen LogP contribution is 2.26. The van der Waals surface area contributed by atoms with Gasteiger partial charge in [0.25, 0.3) is 0 Å². The molecule has 0 aliphatic carbocycles. The lowest BCUT2D eigenvalue weighted by Gasteiger charge is -2.17. The molecule has 0 radical (unpaired) electrons. The van der Waals surface area contributed by atoms with Crippen molar-refractivity contribution in [2.75, 3.05) is 14.2 Å². The molecule has 20 heavy (non-hydrogen) atoms. The van der Waals surface area contributed by atoms with Crippen LogP contribution in [0.3, 0.4) is 0 Å². The third-order valence-corrected chi connectivity index (χ3v) is 2.85. The highest BCUT2D eigenvalue weighted by Gasteiger charge is 2.19. The average molecular weight is 278 g/mol. The number of nitrogens with two attached hydrogens (primary N) is 1. The van der Waals surface area contributed by atoms with Crippen LogP contribution in [0.25, 0.3) is 0 Å². The fourth-order valence-electron chi connectivity index (χ4n) is 1.83. The molecule has 0 saturated carbocycles. The van der Waals surface area contributed by atoms with E-state index in [2.05, 4.69) is 15.4 Å². The molecule has 2 aromatic rings. The van der Waals surface area contributed by atoms with Crippen LogP contribution in [0.1, 0.15) is 17.3 Å². The number of hydrazine groups is 1. The highest BCUT2D eigenvalue weighted by atomic mass is 19.1. The van der Waals surface area contributed by atoms with Crippen LogP contribution in [0, 0.1) is 5.82 Å². The second kappa shape index (κ2) is 6.27. The smallest absolute Gasteiger partial charge is 0.216 e. The molecule has 0 spiro atoms. The maximum absolute atomic E-state index is 14.1. The van der Waals surface area contributed by atoms with E-state index in [1.54, 1.807) is 18.2 Å². The summed E-state index contributed by atoms with van der Waals surface area (Å²) in [6, 6.07) is 5.51. The molecular weight excluding hydrogens is 263 g/mol. The predicted molar refractivity (Wildman–Crippen MR) is 70.7 cm³/mol. The van der Waals surface area contributed by atoms with Gasteiger partial charge in [0.15, 0.2) is 0 Å². The molecule has 6 nitrogen and oxygen atoms in total. The fourth-order valence-corrected chi connectivity index (χ4v) is 1.83. The Morgan fingerprint density at radius 2 is 2.00 bits per heavy atom. The van der Waals surface area contributed by atoms with Crippen LogP contribution >= 0.6 is 0 Å². The number of nitrogens with one attached hydrogen (secondary N) is 1. The Labute approximate surface area is 115 Å². The van der Waals surface area contributed by atoms with Crippen LogP contribution in [-0.4, -0.2) is 24.2 Å². The number of hydrogen-bond donors (Lipinski definition) is 2.